The van der Waals surface area contributed by atoms with E-state index in [9.17, 15) is 9.18 Å². The van der Waals surface area contributed by atoms with Crippen LogP contribution in [0.3, 0.4) is 0 Å². The molecule has 1 aliphatic carbocycles. The summed E-state index contributed by atoms with van der Waals surface area (Å²) < 4.78 is 15.2. The molecule has 1 heterocycles. The van der Waals surface area contributed by atoms with Gasteiger partial charge in [-0.15, -0.1) is 0 Å². The van der Waals surface area contributed by atoms with E-state index >= 15 is 0 Å². The average Bonchev–Trinajstić information content (AvgIpc) is 3.08. The molecule has 1 aromatic carbocycles. The maximum Gasteiger partial charge on any atom is 0.318 e. The number of rotatable bonds is 5. The van der Waals surface area contributed by atoms with Crippen molar-refractivity contribution in [1.82, 2.24) is 19.8 Å². The highest BCUT2D eigenvalue weighted by molar-refractivity contribution is 5.75. The quantitative estimate of drug-likeness (QED) is 0.878. The second kappa shape index (κ2) is 8.34. The Morgan fingerprint density at radius 1 is 1.31 bits per heavy atom. The number of hydrogen-bond acceptors (Lipinski definition) is 2. The third-order valence-electron chi connectivity index (χ3n) is 5.20. The number of urea groups is 1. The zero-order valence-electron chi connectivity index (χ0n) is 15.5. The molecule has 1 fully saturated rings. The molecule has 1 unspecified atom stereocenters. The van der Waals surface area contributed by atoms with Gasteiger partial charge in [0.25, 0.3) is 0 Å². The van der Waals surface area contributed by atoms with E-state index in [0.717, 1.165) is 24.2 Å². The zero-order chi connectivity index (χ0) is 18.5. The largest absolute Gasteiger partial charge is 0.336 e. The molecule has 2 amide bonds. The number of carbonyl (C=O) groups excluding carboxylic acids is 1. The van der Waals surface area contributed by atoms with Crippen molar-refractivity contribution in [2.24, 2.45) is 7.05 Å². The normalized spacial score (nSPS) is 16.3. The zero-order valence-corrected chi connectivity index (χ0v) is 15.5. The fraction of sp³-hybridized carbons (Fsp3) is 0.500. The van der Waals surface area contributed by atoms with Crippen molar-refractivity contribution < 1.29 is 9.18 Å². The Morgan fingerprint density at radius 3 is 2.58 bits per heavy atom. The number of carbonyl (C=O) groups is 1. The Balaban J connectivity index is 1.83. The Labute approximate surface area is 154 Å². The molecule has 0 spiro atoms. The molecule has 0 bridgehead atoms. The van der Waals surface area contributed by atoms with Crippen LogP contribution < -0.4 is 5.32 Å². The van der Waals surface area contributed by atoms with Crippen LogP contribution in [0.2, 0.25) is 0 Å². The fourth-order valence-electron chi connectivity index (χ4n) is 3.77. The molecule has 2 aromatic rings. The molecule has 1 N–H and O–H groups in total. The van der Waals surface area contributed by atoms with Gasteiger partial charge in [-0.05, 0) is 37.5 Å². The number of halogens is 1. The van der Waals surface area contributed by atoms with Crippen LogP contribution >= 0.6 is 0 Å². The van der Waals surface area contributed by atoms with Crippen LogP contribution in [0, 0.1) is 5.82 Å². The van der Waals surface area contributed by atoms with Gasteiger partial charge in [-0.25, -0.2) is 14.2 Å². The number of imidazole rings is 1. The van der Waals surface area contributed by atoms with Gasteiger partial charge in [-0.1, -0.05) is 31.4 Å². The second-order valence-electron chi connectivity index (χ2n) is 6.91. The van der Waals surface area contributed by atoms with Gasteiger partial charge in [0.1, 0.15) is 17.7 Å². The molecule has 6 heteroatoms. The number of nitrogens with zero attached hydrogens (tertiary/aromatic N) is 3. The lowest BCUT2D eigenvalue weighted by Gasteiger charge is -2.34. The summed E-state index contributed by atoms with van der Waals surface area (Å²) in [5, 5.41) is 3.13. The topological polar surface area (TPSA) is 50.2 Å². The number of aromatic nitrogens is 2. The maximum atomic E-state index is 13.3. The highest BCUT2D eigenvalue weighted by atomic mass is 19.1. The van der Waals surface area contributed by atoms with Gasteiger partial charge in [0.2, 0.25) is 0 Å². The first-order valence-corrected chi connectivity index (χ1v) is 9.40. The standard InChI is InChI=1S/C20H27FN4O/c1-3-25(17-7-5-4-6-8-17)20(26)23-18(19-22-13-14-24(19)2)15-9-11-16(21)12-10-15/h9-14,17-18H,3-8H2,1-2H3,(H,23,26). The second-order valence-corrected chi connectivity index (χ2v) is 6.91. The average molecular weight is 358 g/mol. The minimum absolute atomic E-state index is 0.0864. The maximum absolute atomic E-state index is 13.3. The molecule has 0 saturated heterocycles. The Bertz CT molecular complexity index is 722. The van der Waals surface area contributed by atoms with Crippen LogP contribution in [0.1, 0.15) is 56.5 Å². The van der Waals surface area contributed by atoms with E-state index < -0.39 is 6.04 Å². The van der Waals surface area contributed by atoms with Crippen LogP contribution in [-0.2, 0) is 7.05 Å². The molecule has 3 rings (SSSR count). The van der Waals surface area contributed by atoms with Gasteiger partial charge in [0.15, 0.2) is 0 Å². The Hall–Kier alpha value is -2.37. The van der Waals surface area contributed by atoms with Crippen LogP contribution in [-0.4, -0.2) is 33.1 Å². The minimum atomic E-state index is -0.416. The number of aryl methyl sites for hydroxylation is 1. The van der Waals surface area contributed by atoms with Crippen molar-refractivity contribution >= 4 is 6.03 Å². The third kappa shape index (κ3) is 4.06. The molecule has 1 aliphatic rings. The summed E-state index contributed by atoms with van der Waals surface area (Å²) >= 11 is 0. The molecular weight excluding hydrogens is 331 g/mol. The van der Waals surface area contributed by atoms with Crippen LogP contribution in [0.15, 0.2) is 36.7 Å². The molecule has 1 atom stereocenters. The molecule has 0 radical (unpaired) electrons. The highest BCUT2D eigenvalue weighted by Crippen LogP contribution is 2.25. The van der Waals surface area contributed by atoms with Gasteiger partial charge < -0.3 is 14.8 Å². The van der Waals surface area contributed by atoms with Gasteiger partial charge in [0, 0.05) is 32.0 Å². The number of nitrogens with one attached hydrogen (secondary N) is 1. The molecule has 1 saturated carbocycles. The minimum Gasteiger partial charge on any atom is -0.336 e. The third-order valence-corrected chi connectivity index (χ3v) is 5.20. The first kappa shape index (κ1) is 18.4. The lowest BCUT2D eigenvalue weighted by molar-refractivity contribution is 0.157. The van der Waals surface area contributed by atoms with E-state index in [4.69, 9.17) is 0 Å². The first-order valence-electron chi connectivity index (χ1n) is 9.40. The van der Waals surface area contributed by atoms with Crippen LogP contribution in [0.5, 0.6) is 0 Å². The van der Waals surface area contributed by atoms with Crippen LogP contribution in [0.4, 0.5) is 9.18 Å². The van der Waals surface area contributed by atoms with Crippen molar-refractivity contribution in [2.45, 2.75) is 51.1 Å². The molecule has 1 aromatic heterocycles. The molecule has 26 heavy (non-hydrogen) atoms. The number of amides is 2. The lowest BCUT2D eigenvalue weighted by Crippen LogP contribution is -2.48. The van der Waals surface area contributed by atoms with E-state index in [-0.39, 0.29) is 11.8 Å². The summed E-state index contributed by atoms with van der Waals surface area (Å²) in [5.74, 6) is 0.431. The molecule has 0 aliphatic heterocycles. The van der Waals surface area contributed by atoms with Crippen molar-refractivity contribution in [3.8, 4) is 0 Å². The molecular formula is C20H27FN4O. The van der Waals surface area contributed by atoms with E-state index in [1.807, 2.05) is 29.6 Å². The van der Waals surface area contributed by atoms with E-state index in [0.29, 0.717) is 12.6 Å². The van der Waals surface area contributed by atoms with Crippen molar-refractivity contribution in [1.29, 1.82) is 0 Å². The van der Waals surface area contributed by atoms with E-state index in [1.54, 1.807) is 18.3 Å². The first-order chi connectivity index (χ1) is 12.6. The Kier molecular flexibility index (Phi) is 5.91. The number of benzene rings is 1. The fourth-order valence-corrected chi connectivity index (χ4v) is 3.77. The van der Waals surface area contributed by atoms with Crippen molar-refractivity contribution in [3.63, 3.8) is 0 Å². The summed E-state index contributed by atoms with van der Waals surface area (Å²) in [5.41, 5.74) is 0.814. The summed E-state index contributed by atoms with van der Waals surface area (Å²) in [4.78, 5) is 19.4. The van der Waals surface area contributed by atoms with Crippen LogP contribution in [0.25, 0.3) is 0 Å². The Morgan fingerprint density at radius 2 is 2.00 bits per heavy atom. The lowest BCUT2D eigenvalue weighted by atomic mass is 9.94. The summed E-state index contributed by atoms with van der Waals surface area (Å²) in [6.45, 7) is 2.69. The number of hydrogen-bond donors (Lipinski definition) is 1. The highest BCUT2D eigenvalue weighted by Gasteiger charge is 2.28. The SMILES string of the molecule is CCN(C(=O)NC(c1ccc(F)cc1)c1nccn1C)C1CCCCC1. The van der Waals surface area contributed by atoms with Gasteiger partial charge in [-0.2, -0.15) is 0 Å². The predicted molar refractivity (Wildman–Crippen MR) is 99.2 cm³/mol. The smallest absolute Gasteiger partial charge is 0.318 e. The van der Waals surface area contributed by atoms with Crippen molar-refractivity contribution in [2.75, 3.05) is 6.54 Å². The predicted octanol–water partition coefficient (Wildman–Crippen LogP) is 4.01. The van der Waals surface area contributed by atoms with Crippen molar-refractivity contribution in [3.05, 3.63) is 53.9 Å². The summed E-state index contributed by atoms with van der Waals surface area (Å²) in [7, 11) is 1.89. The van der Waals surface area contributed by atoms with Gasteiger partial charge >= 0.3 is 6.03 Å². The van der Waals surface area contributed by atoms with E-state index in [1.165, 1.54) is 31.4 Å². The monoisotopic (exact) mass is 358 g/mol. The molecule has 5 nitrogen and oxygen atoms in total. The van der Waals surface area contributed by atoms with Gasteiger partial charge in [0.05, 0.1) is 0 Å². The van der Waals surface area contributed by atoms with Gasteiger partial charge in [-0.3, -0.25) is 0 Å². The summed E-state index contributed by atoms with van der Waals surface area (Å²) in [6.07, 6.45) is 9.27. The van der Waals surface area contributed by atoms with E-state index in [2.05, 4.69) is 10.3 Å². The molecule has 140 valence electrons. The summed E-state index contributed by atoms with van der Waals surface area (Å²) in [6, 6.07) is 6.02.